The van der Waals surface area contributed by atoms with Crippen LogP contribution < -0.4 is 14.8 Å². The number of benzene rings is 1. The monoisotopic (exact) mass is 507 g/mol. The normalized spacial score (nSPS) is 14.4. The fourth-order valence-corrected chi connectivity index (χ4v) is 2.92. The molecule has 0 fully saturated rings. The van der Waals surface area contributed by atoms with E-state index in [-0.39, 0.29) is 24.0 Å². The molecule has 202 valence electrons. The Morgan fingerprint density at radius 3 is 1.83 bits per heavy atom. The lowest BCUT2D eigenvalue weighted by atomic mass is 9.90. The van der Waals surface area contributed by atoms with Gasteiger partial charge in [0.2, 0.25) is 0 Å². The number of carbonyl (C=O) groups is 4. The maximum Gasteiger partial charge on any atom is 0.364 e. The Morgan fingerprint density at radius 1 is 0.917 bits per heavy atom. The first-order valence-corrected chi connectivity index (χ1v) is 12.3. The highest BCUT2D eigenvalue weighted by atomic mass is 16.6. The predicted octanol–water partition coefficient (Wildman–Crippen LogP) is 4.64. The van der Waals surface area contributed by atoms with Gasteiger partial charge in [0.15, 0.2) is 11.5 Å². The standard InChI is InChI=1S/C27H41NO8/c1-10-17(4)28-27(22(30)31,36-18(5)29)16-19-13-14-20(34-23(32)25(6,7)11-2)21(15-19)35-24(33)26(8,9)12-3/h13-15,17,28H,10-12,16H2,1-9H3,(H,30,31)/t17?,27-/m0/s1. The summed E-state index contributed by atoms with van der Waals surface area (Å²) in [7, 11) is 0. The zero-order valence-corrected chi connectivity index (χ0v) is 22.9. The fraction of sp³-hybridized carbons (Fsp3) is 0.630. The number of carboxylic acid groups (broad SMARTS) is 1. The van der Waals surface area contributed by atoms with E-state index in [1.54, 1.807) is 40.7 Å². The Kier molecular flexibility index (Phi) is 10.7. The molecule has 0 saturated carbocycles. The maximum absolute atomic E-state index is 12.9. The number of nitrogens with one attached hydrogen (secondary N) is 1. The first kappa shape index (κ1) is 31.1. The quantitative estimate of drug-likeness (QED) is 0.223. The zero-order valence-electron chi connectivity index (χ0n) is 22.9. The highest BCUT2D eigenvalue weighted by Gasteiger charge is 2.43. The van der Waals surface area contributed by atoms with Crippen LogP contribution in [0.4, 0.5) is 0 Å². The van der Waals surface area contributed by atoms with Crippen molar-refractivity contribution in [1.29, 1.82) is 0 Å². The second-order valence-electron chi connectivity index (χ2n) is 10.4. The number of esters is 3. The average molecular weight is 508 g/mol. The molecule has 1 aromatic carbocycles. The van der Waals surface area contributed by atoms with Crippen molar-refractivity contribution in [3.8, 4) is 11.5 Å². The van der Waals surface area contributed by atoms with Crippen LogP contribution in [0, 0.1) is 10.8 Å². The number of ether oxygens (including phenoxy) is 3. The van der Waals surface area contributed by atoms with Crippen LogP contribution in [0.1, 0.15) is 87.1 Å². The molecule has 0 aliphatic rings. The zero-order chi connectivity index (χ0) is 27.9. The molecule has 2 N–H and O–H groups in total. The third kappa shape index (κ3) is 8.05. The smallest absolute Gasteiger partial charge is 0.364 e. The van der Waals surface area contributed by atoms with Gasteiger partial charge in [-0.1, -0.05) is 26.8 Å². The largest absolute Gasteiger partial charge is 0.477 e. The van der Waals surface area contributed by atoms with Gasteiger partial charge in [-0.15, -0.1) is 0 Å². The minimum absolute atomic E-state index is 0.0232. The highest BCUT2D eigenvalue weighted by molar-refractivity contribution is 5.83. The molecule has 9 heteroatoms. The summed E-state index contributed by atoms with van der Waals surface area (Å²) in [6.45, 7) is 15.4. The summed E-state index contributed by atoms with van der Waals surface area (Å²) < 4.78 is 16.5. The topological polar surface area (TPSA) is 128 Å². The molecule has 0 amide bonds. The van der Waals surface area contributed by atoms with Crippen molar-refractivity contribution < 1.29 is 38.5 Å². The van der Waals surface area contributed by atoms with Crippen LogP contribution in [-0.2, 0) is 30.3 Å². The number of carboxylic acids is 1. The van der Waals surface area contributed by atoms with Crippen LogP contribution in [0.2, 0.25) is 0 Å². The fourth-order valence-electron chi connectivity index (χ4n) is 2.92. The molecule has 0 bridgehead atoms. The molecule has 0 radical (unpaired) electrons. The van der Waals surface area contributed by atoms with E-state index < -0.39 is 40.4 Å². The van der Waals surface area contributed by atoms with Crippen LogP contribution in [0.3, 0.4) is 0 Å². The van der Waals surface area contributed by atoms with Gasteiger partial charge < -0.3 is 19.3 Å². The molecule has 2 atom stereocenters. The molecule has 9 nitrogen and oxygen atoms in total. The number of aliphatic carboxylic acids is 1. The summed E-state index contributed by atoms with van der Waals surface area (Å²) in [5.74, 6) is -3.15. The van der Waals surface area contributed by atoms with Crippen LogP contribution >= 0.6 is 0 Å². The lowest BCUT2D eigenvalue weighted by molar-refractivity contribution is -0.183. The van der Waals surface area contributed by atoms with Crippen molar-refractivity contribution in [3.05, 3.63) is 23.8 Å². The summed E-state index contributed by atoms with van der Waals surface area (Å²) in [5, 5.41) is 12.9. The Labute approximate surface area is 213 Å². The molecule has 0 saturated heterocycles. The molecule has 0 heterocycles. The Morgan fingerprint density at radius 2 is 1.42 bits per heavy atom. The Hall–Kier alpha value is -2.94. The van der Waals surface area contributed by atoms with E-state index >= 15 is 0 Å². The number of hydrogen-bond acceptors (Lipinski definition) is 8. The molecule has 0 aliphatic carbocycles. The lowest BCUT2D eigenvalue weighted by Crippen LogP contribution is -2.59. The van der Waals surface area contributed by atoms with Crippen LogP contribution in [0.15, 0.2) is 18.2 Å². The summed E-state index contributed by atoms with van der Waals surface area (Å²) in [5.41, 5.74) is -3.23. The van der Waals surface area contributed by atoms with E-state index in [1.807, 2.05) is 20.8 Å². The van der Waals surface area contributed by atoms with Gasteiger partial charge in [-0.05, 0) is 71.6 Å². The first-order valence-electron chi connectivity index (χ1n) is 12.3. The summed E-state index contributed by atoms with van der Waals surface area (Å²) >= 11 is 0. The van der Waals surface area contributed by atoms with Crippen molar-refractivity contribution in [2.24, 2.45) is 10.8 Å². The number of carbonyl (C=O) groups excluding carboxylic acids is 3. The minimum atomic E-state index is -2.05. The van der Waals surface area contributed by atoms with E-state index in [0.29, 0.717) is 24.8 Å². The summed E-state index contributed by atoms with van der Waals surface area (Å²) in [4.78, 5) is 49.7. The van der Waals surface area contributed by atoms with E-state index in [1.165, 1.54) is 12.1 Å². The molecular weight excluding hydrogens is 466 g/mol. The second kappa shape index (κ2) is 12.3. The average Bonchev–Trinajstić information content (AvgIpc) is 2.79. The van der Waals surface area contributed by atoms with Crippen molar-refractivity contribution >= 4 is 23.9 Å². The van der Waals surface area contributed by atoms with Crippen LogP contribution in [0.25, 0.3) is 0 Å². The molecule has 36 heavy (non-hydrogen) atoms. The van der Waals surface area contributed by atoms with E-state index in [0.717, 1.165) is 6.92 Å². The van der Waals surface area contributed by atoms with Gasteiger partial charge in [-0.25, -0.2) is 4.79 Å². The third-order valence-electron chi connectivity index (χ3n) is 6.49. The maximum atomic E-state index is 12.9. The van der Waals surface area contributed by atoms with Gasteiger partial charge in [0.25, 0.3) is 5.72 Å². The number of hydrogen-bond donors (Lipinski definition) is 2. The van der Waals surface area contributed by atoms with Gasteiger partial charge in [0.1, 0.15) is 0 Å². The Bertz CT molecular complexity index is 969. The molecule has 0 aliphatic heterocycles. The van der Waals surface area contributed by atoms with Gasteiger partial charge in [-0.2, -0.15) is 0 Å². The van der Waals surface area contributed by atoms with Crippen molar-refractivity contribution in [1.82, 2.24) is 5.32 Å². The minimum Gasteiger partial charge on any atom is -0.477 e. The molecule has 0 spiro atoms. The first-order chi connectivity index (χ1) is 16.5. The van der Waals surface area contributed by atoms with Crippen LogP contribution in [0.5, 0.6) is 11.5 Å². The van der Waals surface area contributed by atoms with Gasteiger partial charge in [-0.3, -0.25) is 19.7 Å². The molecule has 1 aromatic rings. The predicted molar refractivity (Wildman–Crippen MR) is 135 cm³/mol. The third-order valence-corrected chi connectivity index (χ3v) is 6.49. The van der Waals surface area contributed by atoms with Gasteiger partial charge in [0.05, 0.1) is 10.8 Å². The lowest BCUT2D eigenvalue weighted by Gasteiger charge is -2.32. The second-order valence-corrected chi connectivity index (χ2v) is 10.4. The van der Waals surface area contributed by atoms with Crippen molar-refractivity contribution in [2.75, 3.05) is 0 Å². The summed E-state index contributed by atoms with van der Waals surface area (Å²) in [6, 6.07) is 4.15. The SMILES string of the molecule is CCC(C)N[C@@](Cc1ccc(OC(=O)C(C)(C)CC)c(OC(=O)C(C)(C)CC)c1)(OC(C)=O)C(=O)O. The van der Waals surface area contributed by atoms with Crippen molar-refractivity contribution in [2.45, 2.75) is 99.8 Å². The summed E-state index contributed by atoms with van der Waals surface area (Å²) in [6.07, 6.45) is 1.37. The molecule has 0 aromatic heterocycles. The van der Waals surface area contributed by atoms with Crippen LogP contribution in [-0.4, -0.2) is 40.8 Å². The number of rotatable bonds is 13. The molecule has 1 unspecified atom stereocenters. The molecular formula is C27H41NO8. The van der Waals surface area contributed by atoms with Crippen molar-refractivity contribution in [3.63, 3.8) is 0 Å². The Balaban J connectivity index is 3.56. The van der Waals surface area contributed by atoms with E-state index in [4.69, 9.17) is 14.2 Å². The molecule has 1 rings (SSSR count). The highest BCUT2D eigenvalue weighted by Crippen LogP contribution is 2.35. The van der Waals surface area contributed by atoms with E-state index in [2.05, 4.69) is 5.32 Å². The van der Waals surface area contributed by atoms with E-state index in [9.17, 15) is 24.3 Å². The van der Waals surface area contributed by atoms with Gasteiger partial charge >= 0.3 is 23.9 Å². The van der Waals surface area contributed by atoms with Gasteiger partial charge in [0, 0.05) is 19.4 Å².